The summed E-state index contributed by atoms with van der Waals surface area (Å²) in [6.45, 7) is 1.77. The molecule has 4 nitrogen and oxygen atoms in total. The molecule has 1 aromatic heterocycles. The predicted molar refractivity (Wildman–Crippen MR) is 74.4 cm³/mol. The summed E-state index contributed by atoms with van der Waals surface area (Å²) in [5, 5.41) is -0.0322. The van der Waals surface area contributed by atoms with E-state index < -0.39 is 10.0 Å². The van der Waals surface area contributed by atoms with Crippen LogP contribution in [-0.4, -0.2) is 13.4 Å². The number of hydrogen-bond acceptors (Lipinski definition) is 3. The van der Waals surface area contributed by atoms with Gasteiger partial charge in [-0.2, -0.15) is 0 Å². The smallest absolute Gasteiger partial charge is 0.243 e. The van der Waals surface area contributed by atoms with E-state index in [0.29, 0.717) is 0 Å². The topological polar surface area (TPSA) is 59.1 Å². The van der Waals surface area contributed by atoms with Gasteiger partial charge in [0.05, 0.1) is 0 Å². The minimum absolute atomic E-state index is 0.0144. The maximum absolute atomic E-state index is 12.2. The van der Waals surface area contributed by atoms with Crippen LogP contribution in [0.5, 0.6) is 0 Å². The van der Waals surface area contributed by atoms with Crippen LogP contribution in [0.2, 0.25) is 5.15 Å². The summed E-state index contributed by atoms with van der Waals surface area (Å²) in [6, 6.07) is 11.9. The van der Waals surface area contributed by atoms with E-state index in [1.165, 1.54) is 18.3 Å². The van der Waals surface area contributed by atoms with Gasteiger partial charge >= 0.3 is 0 Å². The van der Waals surface area contributed by atoms with Gasteiger partial charge in [0, 0.05) is 12.2 Å². The Kier molecular flexibility index (Phi) is 4.19. The standard InChI is InChI=1S/C13H13ClN2O2S/c1-10(11-6-3-2-4-7-11)16-19(17,18)12-8-5-9-15-13(12)14/h2-10,16H,1H3/t10-/m0/s1. The Labute approximate surface area is 117 Å². The van der Waals surface area contributed by atoms with Crippen LogP contribution in [0.25, 0.3) is 0 Å². The van der Waals surface area contributed by atoms with Crippen molar-refractivity contribution >= 4 is 21.6 Å². The van der Waals surface area contributed by atoms with Crippen LogP contribution in [0.4, 0.5) is 0 Å². The SMILES string of the molecule is C[C@H](NS(=O)(=O)c1cccnc1Cl)c1ccccc1. The minimum atomic E-state index is -3.68. The molecule has 0 unspecified atom stereocenters. The van der Waals surface area contributed by atoms with Crippen LogP contribution >= 0.6 is 11.6 Å². The number of nitrogens with zero attached hydrogens (tertiary/aromatic N) is 1. The van der Waals surface area contributed by atoms with Crippen LogP contribution in [0.15, 0.2) is 53.6 Å². The van der Waals surface area contributed by atoms with Gasteiger partial charge in [0.25, 0.3) is 0 Å². The zero-order valence-electron chi connectivity index (χ0n) is 10.2. The Morgan fingerprint density at radius 2 is 1.84 bits per heavy atom. The van der Waals surface area contributed by atoms with E-state index in [4.69, 9.17) is 11.6 Å². The Bertz CT molecular complexity index is 659. The van der Waals surface area contributed by atoms with E-state index in [1.54, 1.807) is 6.92 Å². The van der Waals surface area contributed by atoms with E-state index in [0.717, 1.165) is 5.56 Å². The number of pyridine rings is 1. The zero-order chi connectivity index (χ0) is 13.9. The molecule has 0 aliphatic heterocycles. The molecule has 2 aromatic rings. The van der Waals surface area contributed by atoms with Gasteiger partial charge in [-0.15, -0.1) is 0 Å². The molecule has 1 atom stereocenters. The molecule has 0 saturated carbocycles. The molecular weight excluding hydrogens is 284 g/mol. The summed E-state index contributed by atoms with van der Waals surface area (Å²) in [4.78, 5) is 3.76. The molecule has 2 rings (SSSR count). The van der Waals surface area contributed by atoms with Gasteiger partial charge in [0.1, 0.15) is 10.0 Å². The first-order valence-electron chi connectivity index (χ1n) is 5.68. The highest BCUT2D eigenvalue weighted by Crippen LogP contribution is 2.21. The third-order valence-corrected chi connectivity index (χ3v) is 4.63. The van der Waals surface area contributed by atoms with E-state index in [-0.39, 0.29) is 16.1 Å². The second-order valence-electron chi connectivity index (χ2n) is 4.05. The lowest BCUT2D eigenvalue weighted by atomic mass is 10.1. The molecule has 0 spiro atoms. The maximum Gasteiger partial charge on any atom is 0.244 e. The van der Waals surface area contributed by atoms with Crippen molar-refractivity contribution in [2.75, 3.05) is 0 Å². The molecule has 19 heavy (non-hydrogen) atoms. The molecular formula is C13H13ClN2O2S. The number of benzene rings is 1. The molecule has 0 saturated heterocycles. The summed E-state index contributed by atoms with van der Waals surface area (Å²) in [5.41, 5.74) is 0.881. The number of hydrogen-bond donors (Lipinski definition) is 1. The van der Waals surface area contributed by atoms with E-state index >= 15 is 0 Å². The summed E-state index contributed by atoms with van der Waals surface area (Å²) >= 11 is 5.81. The monoisotopic (exact) mass is 296 g/mol. The van der Waals surface area contributed by atoms with Crippen molar-refractivity contribution in [3.05, 3.63) is 59.4 Å². The first-order valence-corrected chi connectivity index (χ1v) is 7.54. The van der Waals surface area contributed by atoms with E-state index in [1.807, 2.05) is 30.3 Å². The summed E-state index contributed by atoms with van der Waals surface area (Å²) in [7, 11) is -3.68. The Morgan fingerprint density at radius 1 is 1.16 bits per heavy atom. The molecule has 0 radical (unpaired) electrons. The molecule has 1 aromatic carbocycles. The van der Waals surface area contributed by atoms with Gasteiger partial charge in [0.15, 0.2) is 0 Å². The number of aromatic nitrogens is 1. The predicted octanol–water partition coefficient (Wildman–Crippen LogP) is 2.77. The molecule has 0 aliphatic rings. The average Bonchev–Trinajstić information content (AvgIpc) is 2.39. The number of sulfonamides is 1. The lowest BCUT2D eigenvalue weighted by Gasteiger charge is -2.14. The fourth-order valence-corrected chi connectivity index (χ4v) is 3.36. The van der Waals surface area contributed by atoms with Crippen molar-refractivity contribution in [3.8, 4) is 0 Å². The van der Waals surface area contributed by atoms with Gasteiger partial charge in [-0.1, -0.05) is 41.9 Å². The van der Waals surface area contributed by atoms with Gasteiger partial charge in [0.2, 0.25) is 10.0 Å². The van der Waals surface area contributed by atoms with Crippen molar-refractivity contribution in [2.45, 2.75) is 17.9 Å². The van der Waals surface area contributed by atoms with Crippen molar-refractivity contribution < 1.29 is 8.42 Å². The average molecular weight is 297 g/mol. The summed E-state index contributed by atoms with van der Waals surface area (Å²) < 4.78 is 27.0. The highest BCUT2D eigenvalue weighted by Gasteiger charge is 2.21. The van der Waals surface area contributed by atoms with Gasteiger partial charge in [-0.25, -0.2) is 18.1 Å². The van der Waals surface area contributed by atoms with Gasteiger partial charge in [-0.3, -0.25) is 0 Å². The summed E-state index contributed by atoms with van der Waals surface area (Å²) in [5.74, 6) is 0. The number of rotatable bonds is 4. The number of halogens is 1. The quantitative estimate of drug-likeness (QED) is 0.883. The fourth-order valence-electron chi connectivity index (χ4n) is 1.68. The Balaban J connectivity index is 2.26. The third-order valence-electron chi connectivity index (χ3n) is 2.65. The lowest BCUT2D eigenvalue weighted by molar-refractivity contribution is 0.566. The van der Waals surface area contributed by atoms with E-state index in [2.05, 4.69) is 9.71 Å². The molecule has 100 valence electrons. The van der Waals surface area contributed by atoms with Crippen LogP contribution < -0.4 is 4.72 Å². The van der Waals surface area contributed by atoms with Crippen molar-refractivity contribution in [3.63, 3.8) is 0 Å². The molecule has 0 amide bonds. The molecule has 1 heterocycles. The normalized spacial score (nSPS) is 13.2. The second-order valence-corrected chi connectivity index (χ2v) is 6.09. The third kappa shape index (κ3) is 3.32. The van der Waals surface area contributed by atoms with Crippen molar-refractivity contribution in [2.24, 2.45) is 0 Å². The molecule has 1 N–H and O–H groups in total. The van der Waals surface area contributed by atoms with Crippen LogP contribution in [-0.2, 0) is 10.0 Å². The molecule has 0 aliphatic carbocycles. The minimum Gasteiger partial charge on any atom is -0.243 e. The fraction of sp³-hybridized carbons (Fsp3) is 0.154. The van der Waals surface area contributed by atoms with Crippen molar-refractivity contribution in [1.29, 1.82) is 0 Å². The Hall–Kier alpha value is -1.43. The lowest BCUT2D eigenvalue weighted by Crippen LogP contribution is -2.27. The van der Waals surface area contributed by atoms with Gasteiger partial charge < -0.3 is 0 Å². The van der Waals surface area contributed by atoms with Gasteiger partial charge in [-0.05, 0) is 24.6 Å². The molecule has 0 fully saturated rings. The Morgan fingerprint density at radius 3 is 2.47 bits per heavy atom. The number of nitrogens with one attached hydrogen (secondary N) is 1. The van der Waals surface area contributed by atoms with E-state index in [9.17, 15) is 8.42 Å². The van der Waals surface area contributed by atoms with Crippen LogP contribution in [0.1, 0.15) is 18.5 Å². The largest absolute Gasteiger partial charge is 0.244 e. The second kappa shape index (κ2) is 5.69. The molecule has 6 heteroatoms. The van der Waals surface area contributed by atoms with Crippen LogP contribution in [0, 0.1) is 0 Å². The van der Waals surface area contributed by atoms with Crippen molar-refractivity contribution in [1.82, 2.24) is 9.71 Å². The summed E-state index contributed by atoms with van der Waals surface area (Å²) in [6.07, 6.45) is 1.45. The first-order chi connectivity index (χ1) is 9.00. The highest BCUT2D eigenvalue weighted by molar-refractivity contribution is 7.89. The highest BCUT2D eigenvalue weighted by atomic mass is 35.5. The maximum atomic E-state index is 12.2. The zero-order valence-corrected chi connectivity index (χ0v) is 11.8. The first kappa shape index (κ1) is 14.0. The van der Waals surface area contributed by atoms with Crippen LogP contribution in [0.3, 0.4) is 0 Å². The molecule has 0 bridgehead atoms.